The number of rotatable bonds is 4. The van der Waals surface area contributed by atoms with Gasteiger partial charge in [-0.3, -0.25) is 4.98 Å². The fourth-order valence-electron chi connectivity index (χ4n) is 7.79. The van der Waals surface area contributed by atoms with Crippen molar-refractivity contribution in [1.82, 2.24) is 15.0 Å². The lowest BCUT2D eigenvalue weighted by Crippen LogP contribution is -2.33. The van der Waals surface area contributed by atoms with Crippen LogP contribution in [0.5, 0.6) is 11.5 Å². The molecule has 4 nitrogen and oxygen atoms in total. The number of para-hydroxylation sites is 2. The first kappa shape index (κ1) is 28.4. The summed E-state index contributed by atoms with van der Waals surface area (Å²) >= 11 is 0. The van der Waals surface area contributed by atoms with Crippen LogP contribution in [0.25, 0.3) is 56.2 Å². The van der Waals surface area contributed by atoms with E-state index in [4.69, 9.17) is 19.7 Å². The van der Waals surface area contributed by atoms with Crippen LogP contribution in [0.1, 0.15) is 22.4 Å². The second-order valence-electron chi connectivity index (χ2n) is 12.8. The van der Waals surface area contributed by atoms with Crippen LogP contribution in [-0.4, -0.2) is 15.0 Å². The molecule has 4 heteroatoms. The second-order valence-corrected chi connectivity index (χ2v) is 12.8. The van der Waals surface area contributed by atoms with Gasteiger partial charge in [0.05, 0.1) is 22.5 Å². The molecule has 8 aromatic rings. The highest BCUT2D eigenvalue weighted by Crippen LogP contribution is 2.61. The third-order valence-electron chi connectivity index (χ3n) is 10.00. The van der Waals surface area contributed by atoms with Crippen LogP contribution in [0.4, 0.5) is 0 Å². The summed E-state index contributed by atoms with van der Waals surface area (Å²) in [6.45, 7) is 0. The molecule has 234 valence electrons. The molecule has 0 radical (unpaired) electrons. The van der Waals surface area contributed by atoms with Gasteiger partial charge in [-0.1, -0.05) is 133 Å². The van der Waals surface area contributed by atoms with Gasteiger partial charge in [-0.25, -0.2) is 9.97 Å². The largest absolute Gasteiger partial charge is 0.457 e. The van der Waals surface area contributed by atoms with Gasteiger partial charge in [0.25, 0.3) is 0 Å². The average Bonchev–Trinajstić information content (AvgIpc) is 3.48. The molecule has 2 aliphatic rings. The molecule has 10 rings (SSSR count). The van der Waals surface area contributed by atoms with Crippen molar-refractivity contribution in [3.8, 4) is 67.7 Å². The molecule has 0 saturated carbocycles. The van der Waals surface area contributed by atoms with Crippen molar-refractivity contribution in [2.75, 3.05) is 0 Å². The predicted molar refractivity (Wildman–Crippen MR) is 199 cm³/mol. The number of benzene rings is 6. The summed E-state index contributed by atoms with van der Waals surface area (Å²) in [5.41, 5.74) is 13.2. The minimum absolute atomic E-state index is 0.622. The molecule has 2 aromatic heterocycles. The highest BCUT2D eigenvalue weighted by molar-refractivity contribution is 5.89. The number of pyridine rings is 1. The third kappa shape index (κ3) is 4.28. The van der Waals surface area contributed by atoms with Crippen LogP contribution >= 0.6 is 0 Å². The molecule has 3 heterocycles. The van der Waals surface area contributed by atoms with Gasteiger partial charge in [0.2, 0.25) is 0 Å². The maximum absolute atomic E-state index is 6.52. The van der Waals surface area contributed by atoms with E-state index in [1.165, 1.54) is 11.1 Å². The van der Waals surface area contributed by atoms with Crippen LogP contribution in [0.15, 0.2) is 176 Å². The monoisotopic (exact) mass is 639 g/mol. The minimum Gasteiger partial charge on any atom is -0.457 e. The summed E-state index contributed by atoms with van der Waals surface area (Å²) in [6, 6.07) is 59.1. The number of aromatic nitrogens is 3. The lowest BCUT2D eigenvalue weighted by atomic mass is 9.67. The Kier molecular flexibility index (Phi) is 6.36. The van der Waals surface area contributed by atoms with Crippen molar-refractivity contribution >= 4 is 0 Å². The zero-order valence-corrected chi connectivity index (χ0v) is 27.0. The second kappa shape index (κ2) is 11.2. The Labute approximate surface area is 290 Å². The summed E-state index contributed by atoms with van der Waals surface area (Å²) in [5.74, 6) is 2.40. The van der Waals surface area contributed by atoms with Crippen LogP contribution in [0, 0.1) is 0 Å². The Hall–Kier alpha value is -6.65. The van der Waals surface area contributed by atoms with Gasteiger partial charge < -0.3 is 4.74 Å². The summed E-state index contributed by atoms with van der Waals surface area (Å²) in [4.78, 5) is 15.3. The molecular weight excluding hydrogens is 611 g/mol. The topological polar surface area (TPSA) is 47.9 Å². The number of hydrogen-bond donors (Lipinski definition) is 0. The van der Waals surface area contributed by atoms with Crippen molar-refractivity contribution in [2.24, 2.45) is 0 Å². The van der Waals surface area contributed by atoms with Gasteiger partial charge >= 0.3 is 0 Å². The highest BCUT2D eigenvalue weighted by Gasteiger charge is 2.52. The van der Waals surface area contributed by atoms with Crippen molar-refractivity contribution in [3.05, 3.63) is 198 Å². The summed E-state index contributed by atoms with van der Waals surface area (Å²) in [7, 11) is 0. The van der Waals surface area contributed by atoms with Crippen LogP contribution < -0.4 is 4.74 Å². The molecule has 50 heavy (non-hydrogen) atoms. The van der Waals surface area contributed by atoms with Crippen LogP contribution in [0.2, 0.25) is 0 Å². The van der Waals surface area contributed by atoms with Crippen molar-refractivity contribution in [1.29, 1.82) is 0 Å². The van der Waals surface area contributed by atoms with E-state index in [2.05, 4.69) is 115 Å². The smallest absolute Gasteiger partial charge is 0.160 e. The molecule has 1 aliphatic heterocycles. The van der Waals surface area contributed by atoms with Gasteiger partial charge in [-0.15, -0.1) is 0 Å². The van der Waals surface area contributed by atoms with E-state index in [9.17, 15) is 0 Å². The van der Waals surface area contributed by atoms with Crippen molar-refractivity contribution in [3.63, 3.8) is 0 Å². The van der Waals surface area contributed by atoms with Gasteiger partial charge in [0.15, 0.2) is 5.82 Å². The molecule has 0 N–H and O–H groups in total. The third-order valence-corrected chi connectivity index (χ3v) is 10.00. The number of ether oxygens (including phenoxy) is 1. The molecule has 1 aliphatic carbocycles. The molecule has 0 amide bonds. The van der Waals surface area contributed by atoms with Gasteiger partial charge in [0, 0.05) is 39.6 Å². The lowest BCUT2D eigenvalue weighted by Gasteiger charge is -2.38. The van der Waals surface area contributed by atoms with Gasteiger partial charge in [-0.2, -0.15) is 0 Å². The molecule has 0 saturated heterocycles. The standard InChI is InChI=1S/C46H29N3O/c1-3-13-30(14-4-1)40-29-41(31-15-5-2-6-16-31)49-45(48-40)34-18-11-17-32(27-34)33-24-25-35-36-19-12-26-47-44(36)46(39(35)28-33)37-20-7-9-22-42(37)50-43-23-10-8-21-38(43)46/h1-29H. The fraction of sp³-hybridized carbons (Fsp3) is 0.0217. The Morgan fingerprint density at radius 3 is 1.66 bits per heavy atom. The fourth-order valence-corrected chi connectivity index (χ4v) is 7.79. The number of nitrogens with zero attached hydrogens (tertiary/aromatic N) is 3. The van der Waals surface area contributed by atoms with Gasteiger partial charge in [-0.05, 0) is 58.7 Å². The summed E-state index contributed by atoms with van der Waals surface area (Å²) in [6.07, 6.45) is 1.91. The molecule has 6 aromatic carbocycles. The molecule has 0 atom stereocenters. The Morgan fingerprint density at radius 1 is 0.400 bits per heavy atom. The first-order valence-electron chi connectivity index (χ1n) is 16.9. The van der Waals surface area contributed by atoms with Gasteiger partial charge in [0.1, 0.15) is 11.5 Å². The van der Waals surface area contributed by atoms with E-state index in [1.807, 2.05) is 60.8 Å². The predicted octanol–water partition coefficient (Wildman–Crippen LogP) is 11.0. The van der Waals surface area contributed by atoms with Crippen LogP contribution in [0.3, 0.4) is 0 Å². The zero-order valence-electron chi connectivity index (χ0n) is 27.0. The maximum Gasteiger partial charge on any atom is 0.160 e. The van der Waals surface area contributed by atoms with E-state index < -0.39 is 5.41 Å². The zero-order chi connectivity index (χ0) is 33.1. The van der Waals surface area contributed by atoms with E-state index >= 15 is 0 Å². The lowest BCUT2D eigenvalue weighted by molar-refractivity contribution is 0.434. The average molecular weight is 640 g/mol. The van der Waals surface area contributed by atoms with E-state index in [0.29, 0.717) is 5.82 Å². The molecule has 0 fully saturated rings. The van der Waals surface area contributed by atoms with Crippen LogP contribution in [-0.2, 0) is 5.41 Å². The van der Waals surface area contributed by atoms with E-state index in [0.717, 1.165) is 73.1 Å². The first-order valence-corrected chi connectivity index (χ1v) is 16.9. The first-order chi connectivity index (χ1) is 24.8. The highest BCUT2D eigenvalue weighted by atomic mass is 16.5. The summed E-state index contributed by atoms with van der Waals surface area (Å²) < 4.78 is 6.52. The number of hydrogen-bond acceptors (Lipinski definition) is 4. The summed E-state index contributed by atoms with van der Waals surface area (Å²) in [5, 5.41) is 0. The molecule has 1 spiro atoms. The van der Waals surface area contributed by atoms with E-state index in [-0.39, 0.29) is 0 Å². The Morgan fingerprint density at radius 2 is 0.980 bits per heavy atom. The maximum atomic E-state index is 6.52. The Balaban J connectivity index is 1.16. The normalized spacial score (nSPS) is 13.1. The minimum atomic E-state index is -0.622. The Bertz CT molecular complexity index is 2480. The van der Waals surface area contributed by atoms with Crippen molar-refractivity contribution < 1.29 is 4.74 Å². The van der Waals surface area contributed by atoms with E-state index in [1.54, 1.807) is 0 Å². The number of fused-ring (bicyclic) bond motifs is 9. The molecular formula is C46H29N3O. The van der Waals surface area contributed by atoms with Crippen molar-refractivity contribution in [2.45, 2.75) is 5.41 Å². The molecule has 0 bridgehead atoms. The quantitative estimate of drug-likeness (QED) is 0.192. The molecule has 0 unspecified atom stereocenters. The SMILES string of the molecule is c1ccc(-c2cc(-c3ccccc3)nc(-c3cccc(-c4ccc5c(c4)C4(c6ccccc6Oc6ccccc64)c4ncccc4-5)c3)n2)cc1.